The zero-order chi connectivity index (χ0) is 27.6. The van der Waals surface area contributed by atoms with E-state index in [2.05, 4.69) is 0 Å². The van der Waals surface area contributed by atoms with Crippen LogP contribution >= 0.6 is 23.2 Å². The van der Waals surface area contributed by atoms with Crippen molar-refractivity contribution in [1.29, 1.82) is 0 Å². The van der Waals surface area contributed by atoms with Crippen LogP contribution in [0.15, 0.2) is 66.4 Å². The summed E-state index contributed by atoms with van der Waals surface area (Å²) in [4.78, 5) is 29.1. The molecule has 1 unspecified atom stereocenters. The lowest BCUT2D eigenvalue weighted by molar-refractivity contribution is -0.131. The van der Waals surface area contributed by atoms with E-state index in [1.165, 1.54) is 51.5 Å². The van der Waals surface area contributed by atoms with Crippen molar-refractivity contribution in [3.8, 4) is 23.0 Å². The number of halogens is 2. The summed E-state index contributed by atoms with van der Waals surface area (Å²) < 4.78 is 21.4. The molecule has 0 bridgehead atoms. The Kier molecular flexibility index (Phi) is 7.76. The summed E-state index contributed by atoms with van der Waals surface area (Å²) in [6, 6.07) is 14.7. The van der Waals surface area contributed by atoms with Crippen molar-refractivity contribution in [2.24, 2.45) is 0 Å². The number of methoxy groups -OCH3 is 4. The van der Waals surface area contributed by atoms with E-state index in [1.54, 1.807) is 42.5 Å². The molecule has 8 nitrogen and oxygen atoms in total. The average Bonchev–Trinajstić information content (AvgIpc) is 3.17. The Labute approximate surface area is 229 Å². The summed E-state index contributed by atoms with van der Waals surface area (Å²) in [7, 11) is 5.88. The van der Waals surface area contributed by atoms with Gasteiger partial charge in [0.25, 0.3) is 5.91 Å². The van der Waals surface area contributed by atoms with Gasteiger partial charge in [0, 0.05) is 18.2 Å². The van der Waals surface area contributed by atoms with Gasteiger partial charge >= 0.3 is 0 Å². The second-order valence-electron chi connectivity index (χ2n) is 8.41. The van der Waals surface area contributed by atoms with Gasteiger partial charge in [0.15, 0.2) is 34.3 Å². The first-order valence-electron chi connectivity index (χ1n) is 11.4. The third kappa shape index (κ3) is 4.61. The number of ketones is 1. The van der Waals surface area contributed by atoms with E-state index < -0.39 is 23.0 Å². The van der Waals surface area contributed by atoms with E-state index in [1.807, 2.05) is 0 Å². The molecule has 1 amide bonds. The highest BCUT2D eigenvalue weighted by atomic mass is 35.5. The van der Waals surface area contributed by atoms with Crippen molar-refractivity contribution in [1.82, 2.24) is 4.90 Å². The Morgan fingerprint density at radius 3 is 2.18 bits per heavy atom. The molecule has 10 heteroatoms. The minimum absolute atomic E-state index is 0.0334. The van der Waals surface area contributed by atoms with Crippen LogP contribution in [-0.2, 0) is 16.9 Å². The van der Waals surface area contributed by atoms with Crippen LogP contribution in [0, 0.1) is 0 Å². The van der Waals surface area contributed by atoms with Gasteiger partial charge in [0.1, 0.15) is 5.75 Å². The van der Waals surface area contributed by atoms with Crippen LogP contribution in [-0.4, -0.2) is 50.1 Å². The van der Waals surface area contributed by atoms with Gasteiger partial charge in [0.05, 0.1) is 38.5 Å². The molecule has 198 valence electrons. The summed E-state index contributed by atoms with van der Waals surface area (Å²) >= 11 is 12.7. The van der Waals surface area contributed by atoms with Gasteiger partial charge in [-0.1, -0.05) is 41.4 Å². The number of carbonyl (C=O) groups excluding carboxylic acids is 2. The number of benzene rings is 3. The number of hydrogen-bond donors (Lipinski definition) is 1. The van der Waals surface area contributed by atoms with Crippen LogP contribution in [0.25, 0.3) is 0 Å². The number of hydrogen-bond acceptors (Lipinski definition) is 7. The quantitative estimate of drug-likeness (QED) is 0.342. The van der Waals surface area contributed by atoms with Crippen molar-refractivity contribution in [2.75, 3.05) is 28.4 Å². The molecule has 4 rings (SSSR count). The van der Waals surface area contributed by atoms with Gasteiger partial charge in [-0.25, -0.2) is 0 Å². The fraction of sp³-hybridized carbons (Fsp3) is 0.214. The molecule has 1 aliphatic heterocycles. The summed E-state index contributed by atoms with van der Waals surface area (Å²) in [5.74, 6) is -0.343. The number of Topliss-reactive ketones (excluding diaryl/α,β-unsaturated/α-hetero) is 1. The predicted octanol–water partition coefficient (Wildman–Crippen LogP) is 5.59. The van der Waals surface area contributed by atoms with Gasteiger partial charge in [-0.3, -0.25) is 9.59 Å². The first-order chi connectivity index (χ1) is 18.2. The van der Waals surface area contributed by atoms with Gasteiger partial charge < -0.3 is 29.0 Å². The normalized spacial score (nSPS) is 16.7. The molecular formula is C28H25Cl2NO7. The van der Waals surface area contributed by atoms with Crippen molar-refractivity contribution in [2.45, 2.75) is 12.1 Å². The van der Waals surface area contributed by atoms with E-state index in [9.17, 15) is 14.7 Å². The Balaban J connectivity index is 1.97. The van der Waals surface area contributed by atoms with E-state index >= 15 is 0 Å². The van der Waals surface area contributed by atoms with Crippen LogP contribution in [0.5, 0.6) is 23.0 Å². The maximum atomic E-state index is 14.4. The summed E-state index contributed by atoms with van der Waals surface area (Å²) in [5, 5.41) is 11.0. The Bertz CT molecular complexity index is 1420. The van der Waals surface area contributed by atoms with Gasteiger partial charge in [-0.2, -0.15) is 0 Å². The maximum Gasteiger partial charge on any atom is 0.290 e. The summed E-state index contributed by atoms with van der Waals surface area (Å²) in [6.45, 7) is -0.0334. The smallest absolute Gasteiger partial charge is 0.290 e. The average molecular weight is 558 g/mol. The van der Waals surface area contributed by atoms with E-state index in [-0.39, 0.29) is 27.9 Å². The number of nitrogens with zero attached hydrogens (tertiary/aromatic N) is 1. The largest absolute Gasteiger partial charge is 0.503 e. The second kappa shape index (κ2) is 10.8. The molecule has 1 N–H and O–H groups in total. The highest BCUT2D eigenvalue weighted by molar-refractivity contribution is 6.38. The van der Waals surface area contributed by atoms with Crippen LogP contribution in [0.4, 0.5) is 0 Å². The number of aliphatic hydroxyl groups excluding tert-OH is 1. The zero-order valence-corrected chi connectivity index (χ0v) is 22.6. The molecule has 3 aromatic carbocycles. The maximum absolute atomic E-state index is 14.4. The van der Waals surface area contributed by atoms with Crippen molar-refractivity contribution < 1.29 is 33.6 Å². The first kappa shape index (κ1) is 27.2. The van der Waals surface area contributed by atoms with Crippen LogP contribution in [0.3, 0.4) is 0 Å². The molecule has 0 aliphatic carbocycles. The molecule has 0 aromatic heterocycles. The summed E-state index contributed by atoms with van der Waals surface area (Å²) in [6.07, 6.45) is 1.23. The Morgan fingerprint density at radius 1 is 0.895 bits per heavy atom. The number of amides is 1. The number of ether oxygens (including phenoxy) is 4. The molecule has 0 radical (unpaired) electrons. The molecule has 0 spiro atoms. The molecule has 0 saturated heterocycles. The third-order valence-electron chi connectivity index (χ3n) is 6.34. The van der Waals surface area contributed by atoms with E-state index in [4.69, 9.17) is 42.1 Å². The van der Waals surface area contributed by atoms with Crippen LogP contribution in [0.1, 0.15) is 21.5 Å². The highest BCUT2D eigenvalue weighted by Gasteiger charge is 2.53. The van der Waals surface area contributed by atoms with Crippen molar-refractivity contribution >= 4 is 34.9 Å². The standard InChI is InChI=1S/C28H25Cl2NO7/c1-35-19-7-5-6-16(10-19)15-31-27(34)22(32)14-28(31,18-8-9-23(36-2)24(13-18)37-3)26(33)17-11-20(29)25(38-4)21(30)12-17/h5-14,32H,15H2,1-4H3. The molecule has 0 saturated carbocycles. The lowest BCUT2D eigenvalue weighted by atomic mass is 9.81. The zero-order valence-electron chi connectivity index (χ0n) is 21.1. The number of carbonyl (C=O) groups is 2. The molecule has 3 aromatic rings. The Morgan fingerprint density at radius 2 is 1.58 bits per heavy atom. The van der Waals surface area contributed by atoms with Gasteiger partial charge in [-0.05, 0) is 47.5 Å². The number of rotatable bonds is 9. The topological polar surface area (TPSA) is 94.5 Å². The monoisotopic (exact) mass is 557 g/mol. The molecular weight excluding hydrogens is 533 g/mol. The lowest BCUT2D eigenvalue weighted by Gasteiger charge is -2.37. The minimum atomic E-state index is -1.79. The minimum Gasteiger partial charge on any atom is -0.503 e. The first-order valence-corrected chi connectivity index (χ1v) is 12.1. The highest BCUT2D eigenvalue weighted by Crippen LogP contribution is 2.45. The lowest BCUT2D eigenvalue weighted by Crippen LogP contribution is -2.49. The van der Waals surface area contributed by atoms with Gasteiger partial charge in [0.2, 0.25) is 0 Å². The molecule has 0 fully saturated rings. The van der Waals surface area contributed by atoms with Crippen LogP contribution in [0.2, 0.25) is 10.0 Å². The predicted molar refractivity (Wildman–Crippen MR) is 143 cm³/mol. The van der Waals surface area contributed by atoms with Crippen molar-refractivity contribution in [3.05, 3.63) is 93.2 Å². The Hall–Kier alpha value is -3.88. The third-order valence-corrected chi connectivity index (χ3v) is 6.91. The number of aliphatic hydroxyl groups is 1. The molecule has 38 heavy (non-hydrogen) atoms. The second-order valence-corrected chi connectivity index (χ2v) is 9.23. The van der Waals surface area contributed by atoms with E-state index in [0.717, 1.165) is 0 Å². The SMILES string of the molecule is COc1cccc(CN2C(=O)C(O)=CC2(C(=O)c2cc(Cl)c(OC)c(Cl)c2)c2ccc(OC)c(OC)c2)c1. The van der Waals surface area contributed by atoms with Crippen molar-refractivity contribution in [3.63, 3.8) is 0 Å². The molecule has 1 atom stereocenters. The fourth-order valence-electron chi connectivity index (χ4n) is 4.52. The van der Waals surface area contributed by atoms with Crippen LogP contribution < -0.4 is 18.9 Å². The fourth-order valence-corrected chi connectivity index (χ4v) is 5.16. The van der Waals surface area contributed by atoms with E-state index in [0.29, 0.717) is 28.4 Å². The summed E-state index contributed by atoms with van der Waals surface area (Å²) in [5.41, 5.74) is -0.664. The molecule has 1 aliphatic rings. The molecule has 1 heterocycles. The van der Waals surface area contributed by atoms with Gasteiger partial charge in [-0.15, -0.1) is 0 Å².